The zero-order valence-corrected chi connectivity index (χ0v) is 11.0. The number of primary amides is 1. The molecule has 1 rings (SSSR count). The van der Waals surface area contributed by atoms with E-state index in [1.54, 1.807) is 0 Å². The second-order valence-corrected chi connectivity index (χ2v) is 4.37. The number of alkyl halides is 5. The molecule has 3 N–H and O–H groups in total. The lowest BCUT2D eigenvalue weighted by atomic mass is 10.0. The smallest absolute Gasteiger partial charge is 0.361 e. The van der Waals surface area contributed by atoms with E-state index >= 15 is 0 Å². The van der Waals surface area contributed by atoms with Crippen LogP contribution in [0, 0.1) is 5.82 Å². The standard InChI is InChI=1S/C12H10F6N2O2/c1-5(20-10(22)9(19)21)7-3-2-6(4-8(7)13)11(14,15)12(16,17)18/h2-5H,1H3,(H2,19,21)(H,20,22)/t5-/m0/s1. The minimum atomic E-state index is -5.87. The van der Waals surface area contributed by atoms with Crippen molar-refractivity contribution in [2.75, 3.05) is 0 Å². The summed E-state index contributed by atoms with van der Waals surface area (Å²) in [6, 6.07) is -0.0845. The molecule has 0 aliphatic heterocycles. The van der Waals surface area contributed by atoms with E-state index in [1.165, 1.54) is 6.92 Å². The fourth-order valence-corrected chi connectivity index (χ4v) is 1.58. The zero-order valence-electron chi connectivity index (χ0n) is 11.0. The Morgan fingerprint density at radius 2 is 1.73 bits per heavy atom. The number of hydrogen-bond acceptors (Lipinski definition) is 2. The van der Waals surface area contributed by atoms with Crippen molar-refractivity contribution in [1.82, 2.24) is 5.32 Å². The van der Waals surface area contributed by atoms with Gasteiger partial charge < -0.3 is 11.1 Å². The summed E-state index contributed by atoms with van der Waals surface area (Å²) < 4.78 is 76.4. The van der Waals surface area contributed by atoms with Crippen LogP contribution in [0.15, 0.2) is 18.2 Å². The van der Waals surface area contributed by atoms with Crippen LogP contribution in [0.2, 0.25) is 0 Å². The van der Waals surface area contributed by atoms with Gasteiger partial charge in [0.15, 0.2) is 0 Å². The molecule has 0 bridgehead atoms. The number of carbonyl (C=O) groups is 2. The highest BCUT2D eigenvalue weighted by molar-refractivity contribution is 6.34. The zero-order chi connectivity index (χ0) is 17.3. The van der Waals surface area contributed by atoms with Gasteiger partial charge >= 0.3 is 23.9 Å². The second kappa shape index (κ2) is 5.85. The Kier molecular flexibility index (Phi) is 4.73. The Labute approximate surface area is 120 Å². The van der Waals surface area contributed by atoms with Crippen LogP contribution in [-0.2, 0) is 15.5 Å². The average Bonchev–Trinajstić information content (AvgIpc) is 2.36. The second-order valence-electron chi connectivity index (χ2n) is 4.37. The van der Waals surface area contributed by atoms with E-state index in [9.17, 15) is 35.9 Å². The number of nitrogens with one attached hydrogen (secondary N) is 1. The molecule has 1 aromatic carbocycles. The van der Waals surface area contributed by atoms with Gasteiger partial charge in [0.2, 0.25) is 0 Å². The van der Waals surface area contributed by atoms with Crippen LogP contribution in [0.1, 0.15) is 24.1 Å². The van der Waals surface area contributed by atoms with Crippen molar-refractivity contribution in [2.24, 2.45) is 5.73 Å². The maximum Gasteiger partial charge on any atom is 0.458 e. The molecule has 0 fully saturated rings. The molecule has 4 nitrogen and oxygen atoms in total. The van der Waals surface area contributed by atoms with Crippen molar-refractivity contribution in [3.05, 3.63) is 35.1 Å². The molecule has 1 aromatic rings. The summed E-state index contributed by atoms with van der Waals surface area (Å²) in [5.41, 5.74) is 2.71. The number of benzene rings is 1. The molecule has 0 aromatic heterocycles. The van der Waals surface area contributed by atoms with Crippen molar-refractivity contribution < 1.29 is 35.9 Å². The highest BCUT2D eigenvalue weighted by Gasteiger charge is 2.58. The van der Waals surface area contributed by atoms with Crippen molar-refractivity contribution in [1.29, 1.82) is 0 Å². The predicted octanol–water partition coefficient (Wildman–Crippen LogP) is 2.14. The largest absolute Gasteiger partial charge is 0.458 e. The van der Waals surface area contributed by atoms with E-state index in [4.69, 9.17) is 0 Å². The van der Waals surface area contributed by atoms with Gasteiger partial charge in [0, 0.05) is 11.1 Å². The van der Waals surface area contributed by atoms with Crippen LogP contribution in [-0.4, -0.2) is 18.0 Å². The highest BCUT2D eigenvalue weighted by Crippen LogP contribution is 2.44. The maximum atomic E-state index is 13.7. The Balaban J connectivity index is 3.10. The third-order valence-electron chi connectivity index (χ3n) is 2.76. The summed E-state index contributed by atoms with van der Waals surface area (Å²) in [6.07, 6.45) is -5.87. The molecule has 0 heterocycles. The number of rotatable bonds is 3. The molecule has 0 aliphatic carbocycles. The van der Waals surface area contributed by atoms with Gasteiger partial charge in [-0.25, -0.2) is 4.39 Å². The molecule has 0 radical (unpaired) electrons. The molecule has 1 atom stereocenters. The van der Waals surface area contributed by atoms with Gasteiger partial charge in [0.1, 0.15) is 5.82 Å². The first-order valence-corrected chi connectivity index (χ1v) is 5.72. The van der Waals surface area contributed by atoms with Crippen LogP contribution >= 0.6 is 0 Å². The van der Waals surface area contributed by atoms with E-state index in [-0.39, 0.29) is 11.6 Å². The minimum Gasteiger partial charge on any atom is -0.361 e. The Bertz CT molecular complexity index is 600. The van der Waals surface area contributed by atoms with E-state index in [0.717, 1.165) is 0 Å². The highest BCUT2D eigenvalue weighted by atomic mass is 19.4. The molecule has 0 saturated heterocycles. The fraction of sp³-hybridized carbons (Fsp3) is 0.333. The number of nitrogens with two attached hydrogens (primary N) is 1. The van der Waals surface area contributed by atoms with Crippen LogP contribution in [0.3, 0.4) is 0 Å². The van der Waals surface area contributed by atoms with Crippen LogP contribution in [0.25, 0.3) is 0 Å². The van der Waals surface area contributed by atoms with Gasteiger partial charge in [-0.2, -0.15) is 22.0 Å². The Morgan fingerprint density at radius 3 is 2.14 bits per heavy atom. The molecule has 10 heteroatoms. The number of carbonyl (C=O) groups excluding carboxylic acids is 2. The van der Waals surface area contributed by atoms with Gasteiger partial charge in [0.05, 0.1) is 6.04 Å². The molecule has 2 amide bonds. The van der Waals surface area contributed by atoms with Crippen molar-refractivity contribution >= 4 is 11.8 Å². The van der Waals surface area contributed by atoms with Gasteiger partial charge in [-0.15, -0.1) is 0 Å². The average molecular weight is 328 g/mol. The number of amides is 2. The summed E-state index contributed by atoms with van der Waals surface area (Å²) in [7, 11) is 0. The van der Waals surface area contributed by atoms with Crippen LogP contribution < -0.4 is 11.1 Å². The SMILES string of the molecule is C[C@H](NC(=O)C(N)=O)c1ccc(C(F)(F)C(F)(F)F)cc1F. The summed E-state index contributed by atoms with van der Waals surface area (Å²) in [5, 5.41) is 1.96. The topological polar surface area (TPSA) is 72.2 Å². The lowest BCUT2D eigenvalue weighted by Crippen LogP contribution is -2.38. The number of halogens is 6. The first-order valence-electron chi connectivity index (χ1n) is 5.72. The summed E-state index contributed by atoms with van der Waals surface area (Å²) >= 11 is 0. The molecule has 0 saturated carbocycles. The molecule has 122 valence electrons. The van der Waals surface area contributed by atoms with E-state index in [0.29, 0.717) is 12.1 Å². The quantitative estimate of drug-likeness (QED) is 0.659. The Morgan fingerprint density at radius 1 is 1.18 bits per heavy atom. The van der Waals surface area contributed by atoms with E-state index < -0.39 is 41.3 Å². The van der Waals surface area contributed by atoms with E-state index in [1.807, 2.05) is 5.32 Å². The monoisotopic (exact) mass is 328 g/mol. The Hall–Kier alpha value is -2.26. The molecular formula is C12H10F6N2O2. The normalized spacial score (nSPS) is 13.6. The van der Waals surface area contributed by atoms with Crippen molar-refractivity contribution in [3.8, 4) is 0 Å². The van der Waals surface area contributed by atoms with Gasteiger partial charge in [0.25, 0.3) is 0 Å². The number of hydrogen-bond donors (Lipinski definition) is 2. The van der Waals surface area contributed by atoms with Crippen LogP contribution in [0.5, 0.6) is 0 Å². The molecule has 22 heavy (non-hydrogen) atoms. The molecular weight excluding hydrogens is 318 g/mol. The van der Waals surface area contributed by atoms with Crippen LogP contribution in [0.4, 0.5) is 26.3 Å². The molecule has 0 aliphatic rings. The van der Waals surface area contributed by atoms with Gasteiger partial charge in [-0.1, -0.05) is 12.1 Å². The lowest BCUT2D eigenvalue weighted by Gasteiger charge is -2.21. The summed E-state index contributed by atoms with van der Waals surface area (Å²) in [5.74, 6) is -9.21. The predicted molar refractivity (Wildman–Crippen MR) is 62.1 cm³/mol. The van der Waals surface area contributed by atoms with Gasteiger partial charge in [-0.3, -0.25) is 9.59 Å². The molecule has 0 spiro atoms. The molecule has 0 unspecified atom stereocenters. The third-order valence-corrected chi connectivity index (χ3v) is 2.76. The summed E-state index contributed by atoms with van der Waals surface area (Å²) in [6.45, 7) is 1.20. The van der Waals surface area contributed by atoms with Crippen molar-refractivity contribution in [3.63, 3.8) is 0 Å². The van der Waals surface area contributed by atoms with E-state index in [2.05, 4.69) is 5.73 Å². The first kappa shape index (κ1) is 17.8. The van der Waals surface area contributed by atoms with Gasteiger partial charge in [-0.05, 0) is 13.0 Å². The summed E-state index contributed by atoms with van der Waals surface area (Å²) in [4.78, 5) is 21.6. The third kappa shape index (κ3) is 3.49. The van der Waals surface area contributed by atoms with Crippen molar-refractivity contribution in [2.45, 2.75) is 25.1 Å². The fourth-order valence-electron chi connectivity index (χ4n) is 1.58. The lowest BCUT2D eigenvalue weighted by molar-refractivity contribution is -0.289. The minimum absolute atomic E-state index is 0.0236. The first-order chi connectivity index (χ1) is 9.87. The maximum absolute atomic E-state index is 13.7.